The number of amides is 3. The van der Waals surface area contributed by atoms with Gasteiger partial charge in [-0.3, -0.25) is 19.3 Å². The molecule has 1 aliphatic heterocycles. The molecule has 0 spiro atoms. The van der Waals surface area contributed by atoms with Crippen molar-refractivity contribution >= 4 is 57.8 Å². The average Bonchev–Trinajstić information content (AvgIpc) is 2.89. The summed E-state index contributed by atoms with van der Waals surface area (Å²) in [6.45, 7) is 0. The Labute approximate surface area is 171 Å². The SMILES string of the molecule is CSCCC(C(=O)Nc1ccc(I)cc1)N1C(=O)C2CCCCC2C1=O. The maximum absolute atomic E-state index is 12.9. The molecular formula is C19H23IN2O3S. The van der Waals surface area contributed by atoms with E-state index in [1.165, 1.54) is 4.90 Å². The summed E-state index contributed by atoms with van der Waals surface area (Å²) < 4.78 is 1.08. The van der Waals surface area contributed by atoms with Gasteiger partial charge in [0.1, 0.15) is 6.04 Å². The fourth-order valence-corrected chi connectivity index (χ4v) is 4.68. The van der Waals surface area contributed by atoms with Gasteiger partial charge in [0.05, 0.1) is 11.8 Å². The summed E-state index contributed by atoms with van der Waals surface area (Å²) in [6.07, 6.45) is 5.94. The maximum Gasteiger partial charge on any atom is 0.247 e. The predicted molar refractivity (Wildman–Crippen MR) is 112 cm³/mol. The van der Waals surface area contributed by atoms with Crippen molar-refractivity contribution in [3.63, 3.8) is 0 Å². The number of hydrogen-bond acceptors (Lipinski definition) is 4. The monoisotopic (exact) mass is 486 g/mol. The summed E-state index contributed by atoms with van der Waals surface area (Å²) in [5.74, 6) is -0.303. The zero-order chi connectivity index (χ0) is 18.7. The fraction of sp³-hybridized carbons (Fsp3) is 0.526. The third-order valence-electron chi connectivity index (χ3n) is 5.20. The van der Waals surface area contributed by atoms with Crippen molar-refractivity contribution in [1.82, 2.24) is 4.90 Å². The van der Waals surface area contributed by atoms with Crippen molar-refractivity contribution < 1.29 is 14.4 Å². The van der Waals surface area contributed by atoms with Crippen LogP contribution in [0, 0.1) is 15.4 Å². The summed E-state index contributed by atoms with van der Waals surface area (Å²) in [5, 5.41) is 2.88. The van der Waals surface area contributed by atoms with Gasteiger partial charge in [-0.25, -0.2) is 0 Å². The molecule has 0 radical (unpaired) electrons. The van der Waals surface area contributed by atoms with E-state index in [0.29, 0.717) is 12.1 Å². The molecule has 3 amide bonds. The number of rotatable bonds is 6. The standard InChI is InChI=1S/C19H23IN2O3S/c1-26-11-10-16(17(23)21-13-8-6-12(20)7-9-13)22-18(24)14-4-2-3-5-15(14)19(22)25/h6-9,14-16H,2-5,10-11H2,1H3,(H,21,23). The molecule has 140 valence electrons. The van der Waals surface area contributed by atoms with Crippen molar-refractivity contribution in [2.24, 2.45) is 11.8 Å². The van der Waals surface area contributed by atoms with E-state index in [0.717, 1.165) is 35.0 Å². The third-order valence-corrected chi connectivity index (χ3v) is 6.56. The van der Waals surface area contributed by atoms with E-state index in [1.807, 2.05) is 30.5 Å². The Morgan fingerprint density at radius 1 is 1.19 bits per heavy atom. The number of nitrogens with zero attached hydrogens (tertiary/aromatic N) is 1. The van der Waals surface area contributed by atoms with E-state index in [4.69, 9.17) is 0 Å². The highest BCUT2D eigenvalue weighted by atomic mass is 127. The van der Waals surface area contributed by atoms with E-state index in [-0.39, 0.29) is 29.6 Å². The molecule has 3 unspecified atom stereocenters. The highest BCUT2D eigenvalue weighted by molar-refractivity contribution is 14.1. The number of carbonyl (C=O) groups excluding carboxylic acids is 3. The second kappa shape index (κ2) is 8.73. The normalized spacial score (nSPS) is 23.7. The lowest BCUT2D eigenvalue weighted by molar-refractivity contribution is -0.146. The first-order valence-electron chi connectivity index (χ1n) is 8.95. The molecule has 3 atom stereocenters. The molecule has 1 aromatic rings. The van der Waals surface area contributed by atoms with Gasteiger partial charge in [0.15, 0.2) is 0 Å². The average molecular weight is 486 g/mol. The molecule has 1 N–H and O–H groups in total. The molecule has 1 heterocycles. The highest BCUT2D eigenvalue weighted by Crippen LogP contribution is 2.39. The Bertz CT molecular complexity index is 671. The number of imide groups is 1. The van der Waals surface area contributed by atoms with Gasteiger partial charge in [-0.15, -0.1) is 0 Å². The van der Waals surface area contributed by atoms with Crippen LogP contribution in [0.2, 0.25) is 0 Å². The number of carbonyl (C=O) groups is 3. The van der Waals surface area contributed by atoms with Crippen LogP contribution in [0.1, 0.15) is 32.1 Å². The number of hydrogen-bond donors (Lipinski definition) is 1. The molecule has 0 aromatic heterocycles. The molecule has 2 aliphatic rings. The molecule has 1 saturated carbocycles. The molecular weight excluding hydrogens is 463 g/mol. The fourth-order valence-electron chi connectivity index (χ4n) is 3.86. The first kappa shape index (κ1) is 19.7. The Kier molecular flexibility index (Phi) is 6.60. The van der Waals surface area contributed by atoms with E-state index < -0.39 is 6.04 Å². The quantitative estimate of drug-likeness (QED) is 0.494. The molecule has 1 saturated heterocycles. The van der Waals surface area contributed by atoms with Crippen LogP contribution >= 0.6 is 34.4 Å². The molecule has 0 bridgehead atoms. The summed E-state index contributed by atoms with van der Waals surface area (Å²) in [6, 6.07) is 6.76. The second-order valence-corrected chi connectivity index (χ2v) is 9.07. The lowest BCUT2D eigenvalue weighted by Crippen LogP contribution is -2.48. The molecule has 2 fully saturated rings. The van der Waals surface area contributed by atoms with Crippen LogP contribution in [0.25, 0.3) is 0 Å². The van der Waals surface area contributed by atoms with Crippen LogP contribution in [0.3, 0.4) is 0 Å². The van der Waals surface area contributed by atoms with Crippen LogP contribution < -0.4 is 5.32 Å². The number of nitrogens with one attached hydrogen (secondary N) is 1. The summed E-state index contributed by atoms with van der Waals surface area (Å²) in [7, 11) is 0. The van der Waals surface area contributed by atoms with Gasteiger partial charge in [0, 0.05) is 9.26 Å². The van der Waals surface area contributed by atoms with Crippen molar-refractivity contribution in [2.75, 3.05) is 17.3 Å². The first-order valence-corrected chi connectivity index (χ1v) is 11.4. The first-order chi connectivity index (χ1) is 12.5. The molecule has 1 aromatic carbocycles. The minimum Gasteiger partial charge on any atom is -0.324 e. The van der Waals surface area contributed by atoms with Crippen molar-refractivity contribution in [2.45, 2.75) is 38.1 Å². The molecule has 7 heteroatoms. The Morgan fingerprint density at radius 2 is 1.77 bits per heavy atom. The Hall–Kier alpha value is -1.09. The zero-order valence-corrected chi connectivity index (χ0v) is 17.7. The lowest BCUT2D eigenvalue weighted by Gasteiger charge is -2.26. The van der Waals surface area contributed by atoms with Crippen LogP contribution in [-0.4, -0.2) is 40.7 Å². The van der Waals surface area contributed by atoms with Gasteiger partial charge in [-0.05, 0) is 78.1 Å². The van der Waals surface area contributed by atoms with Crippen LogP contribution in [0.5, 0.6) is 0 Å². The van der Waals surface area contributed by atoms with E-state index >= 15 is 0 Å². The lowest BCUT2D eigenvalue weighted by atomic mass is 9.81. The number of fused-ring (bicyclic) bond motifs is 1. The summed E-state index contributed by atoms with van der Waals surface area (Å²) in [5.41, 5.74) is 0.682. The van der Waals surface area contributed by atoms with Crippen LogP contribution in [0.4, 0.5) is 5.69 Å². The maximum atomic E-state index is 12.9. The number of likely N-dealkylation sites (tertiary alicyclic amines) is 1. The minimum absolute atomic E-state index is 0.149. The zero-order valence-electron chi connectivity index (χ0n) is 14.7. The number of anilines is 1. The summed E-state index contributed by atoms with van der Waals surface area (Å²) in [4.78, 5) is 39.9. The Morgan fingerprint density at radius 3 is 2.31 bits per heavy atom. The van der Waals surface area contributed by atoms with Gasteiger partial charge in [0.2, 0.25) is 17.7 Å². The predicted octanol–water partition coefficient (Wildman–Crippen LogP) is 3.53. The summed E-state index contributed by atoms with van der Waals surface area (Å²) >= 11 is 3.82. The Balaban J connectivity index is 1.80. The van der Waals surface area contributed by atoms with E-state index in [9.17, 15) is 14.4 Å². The molecule has 1 aliphatic carbocycles. The molecule has 5 nitrogen and oxygen atoms in total. The molecule has 26 heavy (non-hydrogen) atoms. The topological polar surface area (TPSA) is 66.5 Å². The van der Waals surface area contributed by atoms with Crippen LogP contribution in [0.15, 0.2) is 24.3 Å². The second-order valence-electron chi connectivity index (χ2n) is 6.84. The number of halogens is 1. The highest BCUT2D eigenvalue weighted by Gasteiger charge is 2.51. The largest absolute Gasteiger partial charge is 0.324 e. The van der Waals surface area contributed by atoms with E-state index in [2.05, 4.69) is 27.9 Å². The third kappa shape index (κ3) is 4.08. The van der Waals surface area contributed by atoms with Gasteiger partial charge < -0.3 is 5.32 Å². The smallest absolute Gasteiger partial charge is 0.247 e. The minimum atomic E-state index is -0.729. The van der Waals surface area contributed by atoms with Crippen molar-refractivity contribution in [3.8, 4) is 0 Å². The molecule has 3 rings (SSSR count). The number of thioether (sulfide) groups is 1. The number of benzene rings is 1. The van der Waals surface area contributed by atoms with Gasteiger partial charge in [-0.2, -0.15) is 11.8 Å². The van der Waals surface area contributed by atoms with Gasteiger partial charge >= 0.3 is 0 Å². The van der Waals surface area contributed by atoms with Crippen LogP contribution in [-0.2, 0) is 14.4 Å². The van der Waals surface area contributed by atoms with Gasteiger partial charge in [0.25, 0.3) is 0 Å². The van der Waals surface area contributed by atoms with Crippen molar-refractivity contribution in [3.05, 3.63) is 27.8 Å². The van der Waals surface area contributed by atoms with Crippen molar-refractivity contribution in [1.29, 1.82) is 0 Å². The van der Waals surface area contributed by atoms with E-state index in [1.54, 1.807) is 11.8 Å². The van der Waals surface area contributed by atoms with Gasteiger partial charge in [-0.1, -0.05) is 12.8 Å².